The maximum Gasteiger partial charge on any atom is 0.261 e. The minimum absolute atomic E-state index is 0.0429. The van der Waals surface area contributed by atoms with Gasteiger partial charge in [0, 0.05) is 11.4 Å². The van der Waals surface area contributed by atoms with E-state index in [1.807, 2.05) is 0 Å². The standard InChI is InChI=1S/C11H16N2O3S2/c1-7-10(18(12,15)16)5-9(17-7)11(14)13-6-8-3-2-4-8/h5,8H,2-4,6H2,1H3,(H,13,14)(H2,12,15,16). The quantitative estimate of drug-likeness (QED) is 0.873. The van der Waals surface area contributed by atoms with E-state index in [0.29, 0.717) is 22.2 Å². The summed E-state index contributed by atoms with van der Waals surface area (Å²) in [6.07, 6.45) is 3.55. The van der Waals surface area contributed by atoms with Crippen molar-refractivity contribution in [3.05, 3.63) is 15.8 Å². The highest BCUT2D eigenvalue weighted by atomic mass is 32.2. The van der Waals surface area contributed by atoms with Crippen LogP contribution in [0.25, 0.3) is 0 Å². The molecule has 1 aromatic rings. The van der Waals surface area contributed by atoms with Gasteiger partial charge in [0.1, 0.15) is 0 Å². The number of hydrogen-bond donors (Lipinski definition) is 2. The van der Waals surface area contributed by atoms with Crippen molar-refractivity contribution in [3.63, 3.8) is 0 Å². The zero-order chi connectivity index (χ0) is 13.3. The first-order chi connectivity index (χ1) is 8.38. The van der Waals surface area contributed by atoms with Crippen molar-refractivity contribution in [2.75, 3.05) is 6.54 Å². The molecule has 0 unspecified atom stereocenters. The summed E-state index contributed by atoms with van der Waals surface area (Å²) >= 11 is 1.16. The molecule has 0 saturated heterocycles. The van der Waals surface area contributed by atoms with Gasteiger partial charge in [-0.25, -0.2) is 13.6 Å². The molecule has 1 heterocycles. The fraction of sp³-hybridized carbons (Fsp3) is 0.545. The van der Waals surface area contributed by atoms with E-state index < -0.39 is 10.0 Å². The molecule has 18 heavy (non-hydrogen) atoms. The summed E-state index contributed by atoms with van der Waals surface area (Å²) in [7, 11) is -3.74. The van der Waals surface area contributed by atoms with Crippen LogP contribution in [0.1, 0.15) is 33.8 Å². The zero-order valence-electron chi connectivity index (χ0n) is 10.1. The van der Waals surface area contributed by atoms with Crippen molar-refractivity contribution in [1.29, 1.82) is 0 Å². The number of carbonyl (C=O) groups is 1. The molecule has 0 atom stereocenters. The highest BCUT2D eigenvalue weighted by Crippen LogP contribution is 2.27. The Hall–Kier alpha value is -0.920. The molecule has 1 saturated carbocycles. The molecule has 0 aliphatic heterocycles. The van der Waals surface area contributed by atoms with Crippen molar-refractivity contribution >= 4 is 27.3 Å². The van der Waals surface area contributed by atoms with E-state index in [4.69, 9.17) is 5.14 Å². The van der Waals surface area contributed by atoms with Gasteiger partial charge >= 0.3 is 0 Å². The molecule has 1 aliphatic rings. The van der Waals surface area contributed by atoms with Crippen LogP contribution >= 0.6 is 11.3 Å². The minimum Gasteiger partial charge on any atom is -0.351 e. The molecule has 0 spiro atoms. The number of rotatable bonds is 4. The number of aryl methyl sites for hydroxylation is 1. The van der Waals surface area contributed by atoms with Crippen LogP contribution in [0.3, 0.4) is 0 Å². The minimum atomic E-state index is -3.74. The molecular weight excluding hydrogens is 272 g/mol. The summed E-state index contributed by atoms with van der Waals surface area (Å²) in [5.74, 6) is 0.359. The fourth-order valence-corrected chi connectivity index (χ4v) is 3.94. The first kappa shape index (κ1) is 13.5. The molecule has 7 heteroatoms. The molecule has 5 nitrogen and oxygen atoms in total. The third kappa shape index (κ3) is 2.90. The summed E-state index contributed by atoms with van der Waals surface area (Å²) in [5, 5.41) is 7.90. The van der Waals surface area contributed by atoms with Gasteiger partial charge in [-0.3, -0.25) is 4.79 Å². The van der Waals surface area contributed by atoms with Crippen LogP contribution in [-0.4, -0.2) is 20.9 Å². The van der Waals surface area contributed by atoms with Crippen LogP contribution in [0, 0.1) is 12.8 Å². The van der Waals surface area contributed by atoms with Gasteiger partial charge in [-0.15, -0.1) is 11.3 Å². The van der Waals surface area contributed by atoms with Gasteiger partial charge in [0.2, 0.25) is 10.0 Å². The van der Waals surface area contributed by atoms with Crippen molar-refractivity contribution < 1.29 is 13.2 Å². The van der Waals surface area contributed by atoms with Crippen LogP contribution in [0.2, 0.25) is 0 Å². The van der Waals surface area contributed by atoms with E-state index in [9.17, 15) is 13.2 Å². The van der Waals surface area contributed by atoms with Gasteiger partial charge in [0.25, 0.3) is 5.91 Å². The average molecular weight is 288 g/mol. The lowest BCUT2D eigenvalue weighted by Gasteiger charge is -2.25. The normalized spacial score (nSPS) is 16.3. The maximum atomic E-state index is 11.8. The monoisotopic (exact) mass is 288 g/mol. The lowest BCUT2D eigenvalue weighted by molar-refractivity contribution is 0.0943. The summed E-state index contributed by atoms with van der Waals surface area (Å²) < 4.78 is 22.5. The lowest BCUT2D eigenvalue weighted by atomic mass is 9.85. The molecule has 0 radical (unpaired) electrons. The van der Waals surface area contributed by atoms with Crippen molar-refractivity contribution in [2.24, 2.45) is 11.1 Å². The maximum absolute atomic E-state index is 11.8. The Kier molecular flexibility index (Phi) is 3.74. The highest BCUT2D eigenvalue weighted by molar-refractivity contribution is 7.89. The smallest absolute Gasteiger partial charge is 0.261 e. The molecule has 2 rings (SSSR count). The van der Waals surface area contributed by atoms with Gasteiger partial charge in [-0.1, -0.05) is 6.42 Å². The van der Waals surface area contributed by atoms with E-state index in [1.165, 1.54) is 12.5 Å². The van der Waals surface area contributed by atoms with Crippen LogP contribution in [0.15, 0.2) is 11.0 Å². The number of carbonyl (C=O) groups excluding carboxylic acids is 1. The summed E-state index contributed by atoms with van der Waals surface area (Å²) in [6, 6.07) is 1.35. The van der Waals surface area contributed by atoms with Crippen LogP contribution in [0.5, 0.6) is 0 Å². The van der Waals surface area contributed by atoms with E-state index in [1.54, 1.807) is 6.92 Å². The van der Waals surface area contributed by atoms with Crippen LogP contribution in [0.4, 0.5) is 0 Å². The molecule has 100 valence electrons. The lowest BCUT2D eigenvalue weighted by Crippen LogP contribution is -2.31. The second kappa shape index (κ2) is 4.99. The number of nitrogens with one attached hydrogen (secondary N) is 1. The Labute approximate surface area is 110 Å². The van der Waals surface area contributed by atoms with E-state index in [-0.39, 0.29) is 10.8 Å². The molecule has 0 aromatic carbocycles. The average Bonchev–Trinajstić information content (AvgIpc) is 2.57. The predicted molar refractivity (Wildman–Crippen MR) is 70.1 cm³/mol. The van der Waals surface area contributed by atoms with Gasteiger partial charge < -0.3 is 5.32 Å². The molecule has 0 bridgehead atoms. The number of primary sulfonamides is 1. The zero-order valence-corrected chi connectivity index (χ0v) is 11.7. The Balaban J connectivity index is 2.06. The largest absolute Gasteiger partial charge is 0.351 e. The van der Waals surface area contributed by atoms with Crippen molar-refractivity contribution in [1.82, 2.24) is 5.32 Å². The third-order valence-corrected chi connectivity index (χ3v) is 5.39. The number of hydrogen-bond acceptors (Lipinski definition) is 4. The van der Waals surface area contributed by atoms with E-state index in [0.717, 1.165) is 24.2 Å². The van der Waals surface area contributed by atoms with Gasteiger partial charge in [-0.2, -0.15) is 0 Å². The molecule has 1 aliphatic carbocycles. The van der Waals surface area contributed by atoms with Gasteiger partial charge in [0.15, 0.2) is 0 Å². The van der Waals surface area contributed by atoms with Crippen molar-refractivity contribution in [3.8, 4) is 0 Å². The summed E-state index contributed by atoms with van der Waals surface area (Å²) in [4.78, 5) is 12.8. The summed E-state index contributed by atoms with van der Waals surface area (Å²) in [6.45, 7) is 2.31. The van der Waals surface area contributed by atoms with Crippen LogP contribution < -0.4 is 10.5 Å². The highest BCUT2D eigenvalue weighted by Gasteiger charge is 2.21. The first-order valence-corrected chi connectivity index (χ1v) is 8.15. The molecule has 1 amide bonds. The predicted octanol–water partition coefficient (Wildman–Crippen LogP) is 1.23. The van der Waals surface area contributed by atoms with Gasteiger partial charge in [-0.05, 0) is 31.7 Å². The Morgan fingerprint density at radius 2 is 2.22 bits per heavy atom. The SMILES string of the molecule is Cc1sc(C(=O)NCC2CCC2)cc1S(N)(=O)=O. The van der Waals surface area contributed by atoms with E-state index in [2.05, 4.69) is 5.32 Å². The number of nitrogens with two attached hydrogens (primary N) is 1. The Morgan fingerprint density at radius 3 is 2.67 bits per heavy atom. The first-order valence-electron chi connectivity index (χ1n) is 5.79. The molecule has 1 fully saturated rings. The Bertz CT molecular complexity index is 559. The second-order valence-electron chi connectivity index (χ2n) is 4.58. The number of amides is 1. The molecule has 3 N–H and O–H groups in total. The number of thiophene rings is 1. The van der Waals surface area contributed by atoms with Crippen molar-refractivity contribution in [2.45, 2.75) is 31.1 Å². The second-order valence-corrected chi connectivity index (χ2v) is 7.37. The topological polar surface area (TPSA) is 89.3 Å². The Morgan fingerprint density at radius 1 is 1.56 bits per heavy atom. The summed E-state index contributed by atoms with van der Waals surface area (Å²) in [5.41, 5.74) is 0. The van der Waals surface area contributed by atoms with E-state index >= 15 is 0 Å². The van der Waals surface area contributed by atoms with Crippen LogP contribution in [-0.2, 0) is 10.0 Å². The van der Waals surface area contributed by atoms with Gasteiger partial charge in [0.05, 0.1) is 9.77 Å². The molecule has 1 aromatic heterocycles. The fourth-order valence-electron chi connectivity index (χ4n) is 1.88. The third-order valence-electron chi connectivity index (χ3n) is 3.18. The number of sulfonamides is 1. The molecular formula is C11H16N2O3S2.